The predicted molar refractivity (Wildman–Crippen MR) is 90.3 cm³/mol. The molecule has 1 saturated heterocycles. The first-order chi connectivity index (χ1) is 9.44. The molecule has 21 heavy (non-hydrogen) atoms. The first-order valence-electron chi connectivity index (χ1n) is 7.21. The number of halogens is 4. The van der Waals surface area contributed by atoms with Gasteiger partial charge in [0, 0.05) is 32.7 Å². The molecule has 0 aromatic rings. The quantitative estimate of drug-likeness (QED) is 0.407. The molecule has 0 aromatic carbocycles. The van der Waals surface area contributed by atoms with Crippen LogP contribution in [0, 0.1) is 0 Å². The lowest BCUT2D eigenvalue weighted by molar-refractivity contribution is -0.132. The maximum Gasteiger partial charge on any atom is 0.390 e. The summed E-state index contributed by atoms with van der Waals surface area (Å²) in [5.41, 5.74) is 0. The molecule has 0 saturated carbocycles. The Kier molecular flexibility index (Phi) is 10.3. The van der Waals surface area contributed by atoms with E-state index in [9.17, 15) is 13.2 Å². The molecule has 2 N–H and O–H groups in total. The summed E-state index contributed by atoms with van der Waals surface area (Å²) in [6.07, 6.45) is -1.82. The minimum atomic E-state index is -4.13. The number of aliphatic imine (C=N–C) groups is 1. The molecule has 0 spiro atoms. The Hall–Kier alpha value is -0.250. The molecule has 1 heterocycles. The van der Waals surface area contributed by atoms with Crippen LogP contribution in [0.1, 0.15) is 32.6 Å². The summed E-state index contributed by atoms with van der Waals surface area (Å²) in [6.45, 7) is 5.20. The van der Waals surface area contributed by atoms with Gasteiger partial charge in [-0.15, -0.1) is 24.0 Å². The average Bonchev–Trinajstić information content (AvgIpc) is 2.38. The lowest BCUT2D eigenvalue weighted by Gasteiger charge is -2.32. The first kappa shape index (κ1) is 20.8. The first-order valence-corrected chi connectivity index (χ1v) is 7.21. The number of piperidine rings is 1. The smallest absolute Gasteiger partial charge is 0.356 e. The minimum absolute atomic E-state index is 0. The maximum absolute atomic E-state index is 12.1. The van der Waals surface area contributed by atoms with Crippen molar-refractivity contribution in [2.24, 2.45) is 4.99 Å². The van der Waals surface area contributed by atoms with Crippen molar-refractivity contribution in [3.63, 3.8) is 0 Å². The third-order valence-corrected chi connectivity index (χ3v) is 3.39. The van der Waals surface area contributed by atoms with E-state index in [2.05, 4.69) is 27.4 Å². The molecular formula is C13H26F3IN4. The van der Waals surface area contributed by atoms with Gasteiger partial charge >= 0.3 is 6.18 Å². The van der Waals surface area contributed by atoms with Crippen molar-refractivity contribution >= 4 is 29.9 Å². The summed E-state index contributed by atoms with van der Waals surface area (Å²) in [6, 6.07) is 0.292. The zero-order valence-electron chi connectivity index (χ0n) is 12.7. The topological polar surface area (TPSA) is 39.7 Å². The van der Waals surface area contributed by atoms with Crippen LogP contribution < -0.4 is 10.6 Å². The van der Waals surface area contributed by atoms with E-state index in [1.807, 2.05) is 0 Å². The Morgan fingerprint density at radius 1 is 1.29 bits per heavy atom. The molecule has 1 rings (SSSR count). The second-order valence-corrected chi connectivity index (χ2v) is 5.12. The van der Waals surface area contributed by atoms with Gasteiger partial charge in [0.15, 0.2) is 5.96 Å². The Balaban J connectivity index is 0.00000400. The van der Waals surface area contributed by atoms with Crippen LogP contribution in [0.15, 0.2) is 4.99 Å². The van der Waals surface area contributed by atoms with Gasteiger partial charge in [-0.2, -0.15) is 13.2 Å². The highest BCUT2D eigenvalue weighted by Crippen LogP contribution is 2.18. The molecule has 1 aliphatic heterocycles. The average molecular weight is 422 g/mol. The second-order valence-electron chi connectivity index (χ2n) is 5.12. The zero-order chi connectivity index (χ0) is 15.0. The number of hydrogen-bond donors (Lipinski definition) is 2. The molecular weight excluding hydrogens is 396 g/mol. The van der Waals surface area contributed by atoms with Gasteiger partial charge in [0.1, 0.15) is 0 Å². The summed E-state index contributed by atoms with van der Waals surface area (Å²) < 4.78 is 36.2. The molecule has 1 aliphatic rings. The van der Waals surface area contributed by atoms with Crippen LogP contribution >= 0.6 is 24.0 Å². The summed E-state index contributed by atoms with van der Waals surface area (Å²) in [5, 5.41) is 5.91. The SMILES string of the molecule is CCCN1CCC(NC(=NC)NCCC(F)(F)F)CC1.I. The van der Waals surface area contributed by atoms with Crippen molar-refractivity contribution in [1.29, 1.82) is 0 Å². The van der Waals surface area contributed by atoms with E-state index in [1.54, 1.807) is 7.05 Å². The van der Waals surface area contributed by atoms with Crippen LogP contribution in [0.3, 0.4) is 0 Å². The van der Waals surface area contributed by atoms with Crippen molar-refractivity contribution in [2.45, 2.75) is 44.8 Å². The third-order valence-electron chi connectivity index (χ3n) is 3.39. The summed E-state index contributed by atoms with van der Waals surface area (Å²) in [4.78, 5) is 6.39. The van der Waals surface area contributed by atoms with Crippen molar-refractivity contribution in [3.05, 3.63) is 0 Å². The molecule has 0 aromatic heterocycles. The van der Waals surface area contributed by atoms with E-state index in [0.29, 0.717) is 12.0 Å². The fraction of sp³-hybridized carbons (Fsp3) is 0.923. The van der Waals surface area contributed by atoms with Gasteiger partial charge in [-0.05, 0) is 25.8 Å². The number of rotatable bonds is 5. The van der Waals surface area contributed by atoms with Crippen molar-refractivity contribution in [2.75, 3.05) is 33.2 Å². The van der Waals surface area contributed by atoms with Gasteiger partial charge in [0.05, 0.1) is 6.42 Å². The molecule has 0 bridgehead atoms. The standard InChI is InChI=1S/C13H25F3N4.HI/c1-3-8-20-9-4-11(5-10-20)19-12(17-2)18-7-6-13(14,15)16;/h11H,3-10H2,1-2H3,(H2,17,18,19);1H. The van der Waals surface area contributed by atoms with Crippen LogP contribution in [0.2, 0.25) is 0 Å². The zero-order valence-corrected chi connectivity index (χ0v) is 15.0. The van der Waals surface area contributed by atoms with Crippen LogP contribution in [0.4, 0.5) is 13.2 Å². The molecule has 0 amide bonds. The molecule has 0 aliphatic carbocycles. The third kappa shape index (κ3) is 9.38. The number of likely N-dealkylation sites (tertiary alicyclic amines) is 1. The van der Waals surface area contributed by atoms with Crippen molar-refractivity contribution < 1.29 is 13.2 Å². The van der Waals surface area contributed by atoms with Gasteiger partial charge in [0.25, 0.3) is 0 Å². The van der Waals surface area contributed by atoms with Crippen LogP contribution in [-0.4, -0.2) is 56.3 Å². The van der Waals surface area contributed by atoms with E-state index < -0.39 is 12.6 Å². The molecule has 0 unspecified atom stereocenters. The summed E-state index contributed by atoms with van der Waals surface area (Å²) >= 11 is 0. The molecule has 126 valence electrons. The van der Waals surface area contributed by atoms with Crippen LogP contribution in [0.5, 0.6) is 0 Å². The Morgan fingerprint density at radius 2 is 1.90 bits per heavy atom. The van der Waals surface area contributed by atoms with Gasteiger partial charge in [-0.25, -0.2) is 0 Å². The maximum atomic E-state index is 12.1. The summed E-state index contributed by atoms with van der Waals surface area (Å²) in [5.74, 6) is 0.461. The van der Waals surface area contributed by atoms with Gasteiger partial charge in [-0.3, -0.25) is 4.99 Å². The normalized spacial score (nSPS) is 18.2. The van der Waals surface area contributed by atoms with Gasteiger partial charge in [0.2, 0.25) is 0 Å². The number of alkyl halides is 3. The number of nitrogens with zero attached hydrogens (tertiary/aromatic N) is 2. The largest absolute Gasteiger partial charge is 0.390 e. The monoisotopic (exact) mass is 422 g/mol. The highest BCUT2D eigenvalue weighted by atomic mass is 127. The van der Waals surface area contributed by atoms with E-state index >= 15 is 0 Å². The number of nitrogens with one attached hydrogen (secondary N) is 2. The Bertz CT molecular complexity index is 302. The summed E-state index contributed by atoms with van der Waals surface area (Å²) in [7, 11) is 1.58. The highest BCUT2D eigenvalue weighted by molar-refractivity contribution is 14.0. The van der Waals surface area contributed by atoms with Crippen molar-refractivity contribution in [3.8, 4) is 0 Å². The van der Waals surface area contributed by atoms with E-state index in [1.165, 1.54) is 0 Å². The fourth-order valence-corrected chi connectivity index (χ4v) is 2.33. The lowest BCUT2D eigenvalue weighted by atomic mass is 10.1. The van der Waals surface area contributed by atoms with Gasteiger partial charge < -0.3 is 15.5 Å². The number of guanidine groups is 1. The minimum Gasteiger partial charge on any atom is -0.356 e. The van der Waals surface area contributed by atoms with Crippen molar-refractivity contribution in [1.82, 2.24) is 15.5 Å². The van der Waals surface area contributed by atoms with E-state index in [-0.39, 0.29) is 30.5 Å². The van der Waals surface area contributed by atoms with Crippen LogP contribution in [-0.2, 0) is 0 Å². The van der Waals surface area contributed by atoms with Gasteiger partial charge in [-0.1, -0.05) is 6.92 Å². The molecule has 4 nitrogen and oxygen atoms in total. The predicted octanol–water partition coefficient (Wildman–Crippen LogP) is 2.60. The number of hydrogen-bond acceptors (Lipinski definition) is 2. The molecule has 1 fully saturated rings. The molecule has 0 atom stereocenters. The highest BCUT2D eigenvalue weighted by Gasteiger charge is 2.26. The Labute approximate surface area is 142 Å². The fourth-order valence-electron chi connectivity index (χ4n) is 2.33. The van der Waals surface area contributed by atoms with E-state index in [4.69, 9.17) is 0 Å². The Morgan fingerprint density at radius 3 is 2.38 bits per heavy atom. The second kappa shape index (κ2) is 10.5. The molecule has 0 radical (unpaired) electrons. The van der Waals surface area contributed by atoms with E-state index in [0.717, 1.165) is 38.9 Å². The van der Waals surface area contributed by atoms with Crippen LogP contribution in [0.25, 0.3) is 0 Å². The molecule has 8 heteroatoms. The lowest BCUT2D eigenvalue weighted by Crippen LogP contribution is -2.49.